The Morgan fingerprint density at radius 2 is 1.88 bits per heavy atom. The van der Waals surface area contributed by atoms with Crippen molar-refractivity contribution in [2.24, 2.45) is 17.3 Å². The molecule has 1 aliphatic heterocycles. The van der Waals surface area contributed by atoms with E-state index in [1.54, 1.807) is 0 Å². The highest BCUT2D eigenvalue weighted by Gasteiger charge is 2.57. The van der Waals surface area contributed by atoms with E-state index in [1.165, 1.54) is 0 Å². The highest BCUT2D eigenvalue weighted by Crippen LogP contribution is 2.53. The first kappa shape index (κ1) is 17.9. The van der Waals surface area contributed by atoms with E-state index in [9.17, 15) is 15.8 Å². The molecule has 5 nitrogen and oxygen atoms in total. The second-order valence-corrected chi connectivity index (χ2v) is 7.38. The minimum absolute atomic E-state index is 0.0815. The van der Waals surface area contributed by atoms with Gasteiger partial charge in [-0.05, 0) is 37.6 Å². The lowest BCUT2D eigenvalue weighted by Crippen LogP contribution is -2.52. The van der Waals surface area contributed by atoms with Crippen LogP contribution in [-0.2, 0) is 0 Å². The van der Waals surface area contributed by atoms with Gasteiger partial charge in [0.05, 0.1) is 23.9 Å². The smallest absolute Gasteiger partial charge is 0.189 e. The number of rotatable bonds is 1. The first-order chi connectivity index (χ1) is 12.4. The molecule has 0 radical (unpaired) electrons. The van der Waals surface area contributed by atoms with Crippen molar-refractivity contribution >= 4 is 5.71 Å². The number of hydrogen-bond acceptors (Lipinski definition) is 5. The van der Waals surface area contributed by atoms with Gasteiger partial charge in [-0.15, -0.1) is 0 Å². The molecule has 1 aromatic carbocycles. The number of benzene rings is 1. The third-order valence-corrected chi connectivity index (χ3v) is 5.73. The van der Waals surface area contributed by atoms with Crippen LogP contribution in [0, 0.1) is 70.5 Å². The van der Waals surface area contributed by atoms with Crippen molar-refractivity contribution in [2.75, 3.05) is 20.1 Å². The predicted octanol–water partition coefficient (Wildman–Crippen LogP) is 3.08. The molecule has 0 bridgehead atoms. The molecule has 1 heterocycles. The van der Waals surface area contributed by atoms with E-state index >= 15 is 0 Å². The Morgan fingerprint density at radius 1 is 1.19 bits per heavy atom. The highest BCUT2D eigenvalue weighted by atomic mass is 15.1. The zero-order valence-electron chi connectivity index (χ0n) is 15.2. The van der Waals surface area contributed by atoms with Gasteiger partial charge in [-0.1, -0.05) is 29.8 Å². The molecule has 130 valence electrons. The minimum atomic E-state index is -1.62. The van der Waals surface area contributed by atoms with Crippen molar-refractivity contribution < 1.29 is 0 Å². The van der Waals surface area contributed by atoms with Crippen LogP contribution in [0.1, 0.15) is 22.6 Å². The van der Waals surface area contributed by atoms with E-state index < -0.39 is 17.3 Å². The van der Waals surface area contributed by atoms with Gasteiger partial charge in [0.25, 0.3) is 0 Å². The van der Waals surface area contributed by atoms with Gasteiger partial charge >= 0.3 is 0 Å². The van der Waals surface area contributed by atoms with E-state index in [2.05, 4.69) is 23.1 Å². The lowest BCUT2D eigenvalue weighted by Gasteiger charge is -2.47. The Bertz CT molecular complexity index is 907. The average molecular weight is 343 g/mol. The molecule has 0 unspecified atom stereocenters. The predicted molar refractivity (Wildman–Crippen MR) is 98.2 cm³/mol. The Kier molecular flexibility index (Phi) is 4.41. The number of aryl methyl sites for hydroxylation is 2. The fourth-order valence-electron chi connectivity index (χ4n) is 4.47. The minimum Gasteiger partial charge on any atom is -0.305 e. The SMILES string of the molecule is Cc1ccc([C@H]2[C@H]3CN(C)CC=C3[C@@H](C#N)C(=N)C2(C#N)C#N)c(C)c1. The van der Waals surface area contributed by atoms with Crippen LogP contribution < -0.4 is 0 Å². The molecule has 1 fully saturated rings. The lowest BCUT2D eigenvalue weighted by molar-refractivity contribution is 0.234. The Balaban J connectivity index is 2.30. The molecule has 1 saturated carbocycles. The van der Waals surface area contributed by atoms with Crippen molar-refractivity contribution in [3.63, 3.8) is 0 Å². The molecular weight excluding hydrogens is 322 g/mol. The van der Waals surface area contributed by atoms with Gasteiger partial charge in [0.2, 0.25) is 0 Å². The van der Waals surface area contributed by atoms with Gasteiger partial charge in [0, 0.05) is 24.9 Å². The quantitative estimate of drug-likeness (QED) is 0.792. The van der Waals surface area contributed by atoms with Crippen molar-refractivity contribution in [1.82, 2.24) is 4.90 Å². The number of likely N-dealkylation sites (N-methyl/N-ethyl adjacent to an activating group) is 1. The first-order valence-electron chi connectivity index (χ1n) is 8.66. The fraction of sp³-hybridized carbons (Fsp3) is 0.429. The maximum absolute atomic E-state index is 10.0. The molecule has 0 amide bonds. The largest absolute Gasteiger partial charge is 0.305 e. The summed E-state index contributed by atoms with van der Waals surface area (Å²) in [5.74, 6) is -1.38. The Morgan fingerprint density at radius 3 is 2.46 bits per heavy atom. The number of fused-ring (bicyclic) bond motifs is 1. The summed E-state index contributed by atoms with van der Waals surface area (Å²) in [4.78, 5) is 2.13. The molecule has 1 aromatic rings. The van der Waals surface area contributed by atoms with Crippen molar-refractivity contribution in [3.05, 3.63) is 46.5 Å². The summed E-state index contributed by atoms with van der Waals surface area (Å²) in [5, 5.41) is 38.3. The number of nitrogens with one attached hydrogen (secondary N) is 1. The topological polar surface area (TPSA) is 98.5 Å². The lowest BCUT2D eigenvalue weighted by atomic mass is 9.54. The summed E-state index contributed by atoms with van der Waals surface area (Å²) >= 11 is 0. The van der Waals surface area contributed by atoms with E-state index in [1.807, 2.05) is 45.2 Å². The molecule has 0 saturated heterocycles. The van der Waals surface area contributed by atoms with Crippen molar-refractivity contribution in [2.45, 2.75) is 19.8 Å². The first-order valence-corrected chi connectivity index (χ1v) is 8.66. The highest BCUT2D eigenvalue weighted by molar-refractivity contribution is 6.00. The molecule has 0 spiro atoms. The zero-order chi connectivity index (χ0) is 19.1. The molecular formula is C21H21N5. The van der Waals surface area contributed by atoms with Gasteiger partial charge < -0.3 is 10.3 Å². The van der Waals surface area contributed by atoms with E-state index in [-0.39, 0.29) is 11.6 Å². The Labute approximate surface area is 154 Å². The number of hydrogen-bond donors (Lipinski definition) is 1. The normalized spacial score (nSPS) is 27.5. The molecule has 5 heteroatoms. The summed E-state index contributed by atoms with van der Waals surface area (Å²) in [7, 11) is 1.99. The van der Waals surface area contributed by atoms with Crippen LogP contribution in [0.2, 0.25) is 0 Å². The third kappa shape index (κ3) is 2.43. The third-order valence-electron chi connectivity index (χ3n) is 5.73. The molecule has 1 aliphatic carbocycles. The summed E-state index contributed by atoms with van der Waals surface area (Å²) < 4.78 is 0. The fourth-order valence-corrected chi connectivity index (χ4v) is 4.47. The van der Waals surface area contributed by atoms with Crippen LogP contribution in [0.5, 0.6) is 0 Å². The van der Waals surface area contributed by atoms with Crippen LogP contribution in [0.15, 0.2) is 29.8 Å². The maximum Gasteiger partial charge on any atom is 0.189 e. The van der Waals surface area contributed by atoms with E-state index in [0.717, 1.165) is 22.3 Å². The van der Waals surface area contributed by atoms with Gasteiger partial charge in [-0.2, -0.15) is 15.8 Å². The standard InChI is InChI=1S/C21H21N5/c1-13-4-5-15(14(2)8-13)19-18-10-26(3)7-6-16(18)17(9-22)20(25)21(19,11-23)12-24/h4-6,8,17-19,25H,7,10H2,1-3H3/t17-,18+,19+/m1/s1. The van der Waals surface area contributed by atoms with Crippen LogP contribution in [0.3, 0.4) is 0 Å². The van der Waals surface area contributed by atoms with Crippen molar-refractivity contribution in [1.29, 1.82) is 21.2 Å². The van der Waals surface area contributed by atoms with Crippen LogP contribution in [-0.4, -0.2) is 30.7 Å². The molecule has 1 N–H and O–H groups in total. The van der Waals surface area contributed by atoms with Gasteiger partial charge in [-0.25, -0.2) is 0 Å². The van der Waals surface area contributed by atoms with Crippen LogP contribution in [0.25, 0.3) is 0 Å². The molecule has 2 aliphatic rings. The van der Waals surface area contributed by atoms with Gasteiger partial charge in [0.15, 0.2) is 5.41 Å². The summed E-state index contributed by atoms with van der Waals surface area (Å²) in [6.07, 6.45) is 2.01. The second-order valence-electron chi connectivity index (χ2n) is 7.38. The van der Waals surface area contributed by atoms with Crippen LogP contribution >= 0.6 is 0 Å². The summed E-state index contributed by atoms with van der Waals surface area (Å²) in [5.41, 5.74) is 2.24. The summed E-state index contributed by atoms with van der Waals surface area (Å²) in [6.45, 7) is 5.37. The van der Waals surface area contributed by atoms with E-state index in [0.29, 0.717) is 13.1 Å². The molecule has 26 heavy (non-hydrogen) atoms. The Hall–Kier alpha value is -2.94. The molecule has 0 aromatic heterocycles. The zero-order valence-corrected chi connectivity index (χ0v) is 15.2. The molecule has 3 rings (SSSR count). The molecule has 3 atom stereocenters. The number of nitrogens with zero attached hydrogens (tertiary/aromatic N) is 4. The van der Waals surface area contributed by atoms with Gasteiger partial charge in [-0.3, -0.25) is 0 Å². The van der Waals surface area contributed by atoms with E-state index in [4.69, 9.17) is 5.41 Å². The summed E-state index contributed by atoms with van der Waals surface area (Å²) in [6, 6.07) is 12.5. The average Bonchev–Trinajstić information content (AvgIpc) is 2.62. The maximum atomic E-state index is 10.0. The second kappa shape index (κ2) is 6.41. The number of nitriles is 3. The van der Waals surface area contributed by atoms with Gasteiger partial charge in [0.1, 0.15) is 5.92 Å². The van der Waals surface area contributed by atoms with Crippen molar-refractivity contribution in [3.8, 4) is 18.2 Å². The van der Waals surface area contributed by atoms with Crippen LogP contribution in [0.4, 0.5) is 0 Å². The monoisotopic (exact) mass is 343 g/mol.